The van der Waals surface area contributed by atoms with Crippen LogP contribution in [-0.2, 0) is 0 Å². The number of halogens is 1. The number of pyridine rings is 1. The van der Waals surface area contributed by atoms with Crippen LogP contribution in [0.2, 0.25) is 5.15 Å². The third-order valence-corrected chi connectivity index (χ3v) is 1.84. The summed E-state index contributed by atoms with van der Waals surface area (Å²) in [6.07, 6.45) is 4.47. The molecule has 0 aliphatic rings. The molecule has 0 saturated carbocycles. The highest BCUT2D eigenvalue weighted by atomic mass is 35.5. The van der Waals surface area contributed by atoms with Gasteiger partial charge in [0, 0.05) is 14.1 Å². The predicted molar refractivity (Wildman–Crippen MR) is 58.6 cm³/mol. The summed E-state index contributed by atoms with van der Waals surface area (Å²) >= 11 is 5.66. The Labute approximate surface area is 92.1 Å². The molecule has 0 unspecified atom stereocenters. The molecule has 1 aromatic rings. The third-order valence-electron chi connectivity index (χ3n) is 1.63. The number of hydrogen-bond donors (Lipinski definition) is 0. The molecular weight excluding hydrogens is 218 g/mol. The zero-order valence-electron chi connectivity index (χ0n) is 8.35. The Kier molecular flexibility index (Phi) is 3.62. The van der Waals surface area contributed by atoms with Gasteiger partial charge < -0.3 is 4.90 Å². The molecule has 1 aromatic heterocycles. The highest BCUT2D eigenvalue weighted by Gasteiger charge is 2.12. The van der Waals surface area contributed by atoms with Crippen LogP contribution in [0.25, 0.3) is 6.08 Å². The first-order valence-corrected chi connectivity index (χ1v) is 4.53. The van der Waals surface area contributed by atoms with Crippen LogP contribution in [0.1, 0.15) is 5.56 Å². The normalized spacial score (nSPS) is 10.6. The van der Waals surface area contributed by atoms with Gasteiger partial charge in [-0.2, -0.15) is 0 Å². The predicted octanol–water partition coefficient (Wildman–Crippen LogP) is 2.18. The van der Waals surface area contributed by atoms with Crippen LogP contribution < -0.4 is 0 Å². The van der Waals surface area contributed by atoms with Crippen molar-refractivity contribution in [3.05, 3.63) is 39.3 Å². The summed E-state index contributed by atoms with van der Waals surface area (Å²) in [4.78, 5) is 15.6. The Morgan fingerprint density at radius 3 is 2.80 bits per heavy atom. The molecule has 80 valence electrons. The highest BCUT2D eigenvalue weighted by molar-refractivity contribution is 6.29. The van der Waals surface area contributed by atoms with Crippen molar-refractivity contribution in [3.8, 4) is 0 Å². The number of nitrogens with zero attached hydrogens (tertiary/aromatic N) is 3. The molecule has 5 nitrogen and oxygen atoms in total. The fourth-order valence-corrected chi connectivity index (χ4v) is 1.12. The Morgan fingerprint density at radius 1 is 1.60 bits per heavy atom. The number of rotatable bonds is 3. The van der Waals surface area contributed by atoms with E-state index in [1.165, 1.54) is 6.07 Å². The molecule has 0 N–H and O–H groups in total. The summed E-state index contributed by atoms with van der Waals surface area (Å²) in [6.45, 7) is 0. The van der Waals surface area contributed by atoms with Gasteiger partial charge in [-0.15, -0.1) is 0 Å². The van der Waals surface area contributed by atoms with Crippen LogP contribution >= 0.6 is 11.6 Å². The molecule has 0 radical (unpaired) electrons. The second-order valence-corrected chi connectivity index (χ2v) is 3.49. The molecule has 0 aliphatic carbocycles. The van der Waals surface area contributed by atoms with E-state index in [-0.39, 0.29) is 10.8 Å². The van der Waals surface area contributed by atoms with Crippen molar-refractivity contribution in [2.45, 2.75) is 0 Å². The first kappa shape index (κ1) is 11.5. The summed E-state index contributed by atoms with van der Waals surface area (Å²) in [5.41, 5.74) is 0.381. The summed E-state index contributed by atoms with van der Waals surface area (Å²) in [5.74, 6) is 0. The fourth-order valence-electron chi connectivity index (χ4n) is 0.952. The van der Waals surface area contributed by atoms with Crippen molar-refractivity contribution in [3.63, 3.8) is 0 Å². The number of aromatic nitrogens is 1. The Morgan fingerprint density at radius 2 is 2.27 bits per heavy atom. The van der Waals surface area contributed by atoms with E-state index in [9.17, 15) is 10.1 Å². The van der Waals surface area contributed by atoms with Crippen LogP contribution in [0, 0.1) is 10.1 Å². The van der Waals surface area contributed by atoms with E-state index in [2.05, 4.69) is 4.98 Å². The molecule has 0 saturated heterocycles. The lowest BCUT2D eigenvalue weighted by Gasteiger charge is -2.03. The monoisotopic (exact) mass is 227 g/mol. The van der Waals surface area contributed by atoms with Crippen molar-refractivity contribution >= 4 is 23.4 Å². The van der Waals surface area contributed by atoms with Gasteiger partial charge in [0.2, 0.25) is 0 Å². The van der Waals surface area contributed by atoms with Crippen molar-refractivity contribution < 1.29 is 4.92 Å². The van der Waals surface area contributed by atoms with E-state index < -0.39 is 4.92 Å². The van der Waals surface area contributed by atoms with Gasteiger partial charge in [0.05, 0.1) is 10.5 Å². The van der Waals surface area contributed by atoms with E-state index in [4.69, 9.17) is 11.6 Å². The number of hydrogen-bond acceptors (Lipinski definition) is 4. The summed E-state index contributed by atoms with van der Waals surface area (Å²) in [6, 6.07) is 1.46. The van der Waals surface area contributed by atoms with Gasteiger partial charge in [-0.05, 0) is 18.3 Å². The average molecular weight is 228 g/mol. The van der Waals surface area contributed by atoms with Crippen molar-refractivity contribution in [1.82, 2.24) is 9.88 Å². The van der Waals surface area contributed by atoms with Crippen molar-refractivity contribution in [2.24, 2.45) is 0 Å². The maximum absolute atomic E-state index is 10.7. The van der Waals surface area contributed by atoms with Crippen LogP contribution in [-0.4, -0.2) is 28.9 Å². The Hall–Kier alpha value is -1.62. The standard InChI is InChI=1S/C9H10ClN3O2/c1-12(2)4-3-7-5-9(10)11-6-8(7)13(14)15/h3-6H,1-2H3/b4-3-. The molecule has 0 atom stereocenters. The molecular formula is C9H10ClN3O2. The maximum atomic E-state index is 10.7. The zero-order chi connectivity index (χ0) is 11.4. The largest absolute Gasteiger partial charge is 0.383 e. The zero-order valence-corrected chi connectivity index (χ0v) is 9.10. The lowest BCUT2D eigenvalue weighted by Crippen LogP contribution is -2.00. The molecule has 1 heterocycles. The maximum Gasteiger partial charge on any atom is 0.294 e. The lowest BCUT2D eigenvalue weighted by atomic mass is 10.2. The van der Waals surface area contributed by atoms with Gasteiger partial charge in [0.1, 0.15) is 11.3 Å². The van der Waals surface area contributed by atoms with Crippen molar-refractivity contribution in [1.29, 1.82) is 0 Å². The molecule has 0 amide bonds. The minimum absolute atomic E-state index is 0.0579. The minimum atomic E-state index is -0.487. The smallest absolute Gasteiger partial charge is 0.294 e. The molecule has 0 spiro atoms. The second-order valence-electron chi connectivity index (χ2n) is 3.10. The van der Waals surface area contributed by atoms with E-state index in [0.29, 0.717) is 5.56 Å². The molecule has 6 heteroatoms. The molecule has 15 heavy (non-hydrogen) atoms. The van der Waals surface area contributed by atoms with Crippen molar-refractivity contribution in [2.75, 3.05) is 14.1 Å². The topological polar surface area (TPSA) is 59.3 Å². The van der Waals surface area contributed by atoms with E-state index >= 15 is 0 Å². The number of nitro groups is 1. The second kappa shape index (κ2) is 4.75. The molecule has 0 aromatic carbocycles. The Bertz CT molecular complexity index is 404. The third kappa shape index (κ3) is 3.21. The van der Waals surface area contributed by atoms with E-state index in [1.54, 1.807) is 17.2 Å². The van der Waals surface area contributed by atoms with Gasteiger partial charge in [-0.25, -0.2) is 4.98 Å². The summed E-state index contributed by atoms with van der Waals surface area (Å²) in [5, 5.41) is 10.9. The first-order valence-electron chi connectivity index (χ1n) is 4.15. The van der Waals surface area contributed by atoms with Crippen LogP contribution in [0.15, 0.2) is 18.5 Å². The minimum Gasteiger partial charge on any atom is -0.383 e. The lowest BCUT2D eigenvalue weighted by molar-refractivity contribution is -0.385. The quantitative estimate of drug-likeness (QED) is 0.451. The van der Waals surface area contributed by atoms with Gasteiger partial charge in [-0.3, -0.25) is 10.1 Å². The van der Waals surface area contributed by atoms with E-state index in [0.717, 1.165) is 6.20 Å². The molecule has 0 bridgehead atoms. The SMILES string of the molecule is CN(C)/C=C\c1cc(Cl)ncc1[N+](=O)[O-]. The molecule has 0 fully saturated rings. The Balaban J connectivity index is 3.13. The average Bonchev–Trinajstić information content (AvgIpc) is 2.14. The summed E-state index contributed by atoms with van der Waals surface area (Å²) < 4.78 is 0. The fraction of sp³-hybridized carbons (Fsp3) is 0.222. The van der Waals surface area contributed by atoms with Gasteiger partial charge in [-0.1, -0.05) is 11.6 Å². The van der Waals surface area contributed by atoms with Gasteiger partial charge in [0.25, 0.3) is 5.69 Å². The molecule has 1 rings (SSSR count). The van der Waals surface area contributed by atoms with Gasteiger partial charge >= 0.3 is 0 Å². The summed E-state index contributed by atoms with van der Waals surface area (Å²) in [7, 11) is 3.65. The van der Waals surface area contributed by atoms with Gasteiger partial charge in [0.15, 0.2) is 0 Å². The highest BCUT2D eigenvalue weighted by Crippen LogP contribution is 2.21. The van der Waals surface area contributed by atoms with Crippen LogP contribution in [0.4, 0.5) is 5.69 Å². The van der Waals surface area contributed by atoms with E-state index in [1.807, 2.05) is 14.1 Å². The molecule has 0 aliphatic heterocycles. The van der Waals surface area contributed by atoms with Crippen LogP contribution in [0.3, 0.4) is 0 Å². The first-order chi connectivity index (χ1) is 7.00. The van der Waals surface area contributed by atoms with Crippen LogP contribution in [0.5, 0.6) is 0 Å².